The van der Waals surface area contributed by atoms with Gasteiger partial charge in [-0.05, 0) is 65.5 Å². The van der Waals surface area contributed by atoms with Gasteiger partial charge in [0.1, 0.15) is 17.7 Å². The van der Waals surface area contributed by atoms with Crippen LogP contribution in [0.15, 0.2) is 18.2 Å². The number of hydrogen-bond donors (Lipinski definition) is 3. The molecule has 0 heterocycles. The lowest BCUT2D eigenvalue weighted by Gasteiger charge is -2.35. The SMILES string of the molecule is CCCCCCN(C(=O)C(CC(N)=O)NC(=O)OC(C)(C)C)C(C(=O)NC(C)CCC)c1cc(C)ccc1C. The minimum Gasteiger partial charge on any atom is -0.444 e. The van der Waals surface area contributed by atoms with Gasteiger partial charge in [-0.25, -0.2) is 4.79 Å². The predicted octanol–water partition coefficient (Wildman–Crippen LogP) is 4.83. The molecule has 0 aliphatic carbocycles. The van der Waals surface area contributed by atoms with Gasteiger partial charge < -0.3 is 26.0 Å². The Labute approximate surface area is 234 Å². The Balaban J connectivity index is 3.60. The number of carbonyl (C=O) groups excluding carboxylic acids is 4. The summed E-state index contributed by atoms with van der Waals surface area (Å²) in [6.45, 7) is 15.3. The van der Waals surface area contributed by atoms with Gasteiger partial charge in [-0.15, -0.1) is 0 Å². The lowest BCUT2D eigenvalue weighted by Crippen LogP contribution is -2.54. The van der Waals surface area contributed by atoms with Crippen molar-refractivity contribution in [3.05, 3.63) is 34.9 Å². The predicted molar refractivity (Wildman–Crippen MR) is 154 cm³/mol. The summed E-state index contributed by atoms with van der Waals surface area (Å²) < 4.78 is 5.35. The van der Waals surface area contributed by atoms with Crippen LogP contribution in [-0.2, 0) is 19.1 Å². The van der Waals surface area contributed by atoms with Crippen molar-refractivity contribution in [2.24, 2.45) is 5.73 Å². The van der Waals surface area contributed by atoms with Crippen LogP contribution in [0.5, 0.6) is 0 Å². The molecule has 39 heavy (non-hydrogen) atoms. The van der Waals surface area contributed by atoms with Crippen LogP contribution in [0.25, 0.3) is 0 Å². The zero-order chi connectivity index (χ0) is 29.8. The van der Waals surface area contributed by atoms with Crippen molar-refractivity contribution in [3.8, 4) is 0 Å². The summed E-state index contributed by atoms with van der Waals surface area (Å²) in [5.74, 6) is -1.61. The highest BCUT2D eigenvalue weighted by atomic mass is 16.6. The topological polar surface area (TPSA) is 131 Å². The number of unbranched alkanes of at least 4 members (excludes halogenated alkanes) is 3. The third-order valence-electron chi connectivity index (χ3n) is 6.33. The fourth-order valence-corrected chi connectivity index (χ4v) is 4.46. The first kappa shape index (κ1) is 33.9. The van der Waals surface area contributed by atoms with Crippen molar-refractivity contribution in [3.63, 3.8) is 0 Å². The lowest BCUT2D eigenvalue weighted by molar-refractivity contribution is -0.143. The number of aryl methyl sites for hydroxylation is 2. The van der Waals surface area contributed by atoms with Gasteiger partial charge in [0.05, 0.1) is 6.42 Å². The van der Waals surface area contributed by atoms with E-state index in [1.54, 1.807) is 20.8 Å². The number of nitrogens with zero attached hydrogens (tertiary/aromatic N) is 1. The molecule has 0 aromatic heterocycles. The summed E-state index contributed by atoms with van der Waals surface area (Å²) in [4.78, 5) is 54.1. The Morgan fingerprint density at radius 3 is 2.23 bits per heavy atom. The molecule has 9 heteroatoms. The summed E-state index contributed by atoms with van der Waals surface area (Å²) in [6.07, 6.45) is 3.96. The van der Waals surface area contributed by atoms with Crippen LogP contribution in [0, 0.1) is 13.8 Å². The Kier molecular flexibility index (Phi) is 14.0. The average Bonchev–Trinajstić information content (AvgIpc) is 2.80. The number of amides is 4. The van der Waals surface area contributed by atoms with Gasteiger partial charge in [-0.1, -0.05) is 63.3 Å². The summed E-state index contributed by atoms with van der Waals surface area (Å²) in [5.41, 5.74) is 7.20. The van der Waals surface area contributed by atoms with Crippen LogP contribution in [0.4, 0.5) is 4.79 Å². The van der Waals surface area contributed by atoms with E-state index in [2.05, 4.69) is 17.6 Å². The highest BCUT2D eigenvalue weighted by Gasteiger charge is 2.37. The summed E-state index contributed by atoms with van der Waals surface area (Å²) >= 11 is 0. The number of ether oxygens (including phenoxy) is 1. The molecule has 0 aliphatic rings. The molecule has 0 bridgehead atoms. The van der Waals surface area contributed by atoms with Gasteiger partial charge in [-0.3, -0.25) is 14.4 Å². The molecular weight excluding hydrogens is 496 g/mol. The molecular formula is C30H50N4O5. The normalized spacial score (nSPS) is 13.6. The van der Waals surface area contributed by atoms with Gasteiger partial charge in [0.2, 0.25) is 17.7 Å². The van der Waals surface area contributed by atoms with Crippen LogP contribution >= 0.6 is 0 Å². The van der Waals surface area contributed by atoms with Gasteiger partial charge >= 0.3 is 6.09 Å². The van der Waals surface area contributed by atoms with Crippen LogP contribution in [0.1, 0.15) is 109 Å². The van der Waals surface area contributed by atoms with E-state index < -0.39 is 42.0 Å². The molecule has 0 aliphatic heterocycles. The quantitative estimate of drug-likeness (QED) is 0.271. The number of carbonyl (C=O) groups is 4. The van der Waals surface area contributed by atoms with E-state index in [0.29, 0.717) is 12.0 Å². The molecule has 4 N–H and O–H groups in total. The second kappa shape index (κ2) is 16.1. The Morgan fingerprint density at radius 2 is 1.67 bits per heavy atom. The standard InChI is InChI=1S/C30H50N4O5/c1-9-11-12-13-17-34(28(37)24(19-25(31)35)33-29(38)39-30(6,7)8)26(27(36)32-22(5)14-10-2)23-18-20(3)15-16-21(23)4/h15-16,18,22,24,26H,9-14,17,19H2,1-8H3,(H2,31,35)(H,32,36)(H,33,38). The monoisotopic (exact) mass is 546 g/mol. The van der Waals surface area contributed by atoms with E-state index in [4.69, 9.17) is 10.5 Å². The largest absolute Gasteiger partial charge is 0.444 e. The molecule has 1 rings (SSSR count). The third-order valence-corrected chi connectivity index (χ3v) is 6.33. The Morgan fingerprint density at radius 1 is 1.00 bits per heavy atom. The van der Waals surface area contributed by atoms with E-state index in [0.717, 1.165) is 43.2 Å². The second-order valence-corrected chi connectivity index (χ2v) is 11.4. The molecule has 4 amide bonds. The molecule has 3 unspecified atom stereocenters. The third kappa shape index (κ3) is 12.1. The van der Waals surface area contributed by atoms with E-state index in [1.165, 1.54) is 4.90 Å². The number of rotatable bonds is 15. The maximum atomic E-state index is 14.1. The van der Waals surface area contributed by atoms with Crippen molar-refractivity contribution < 1.29 is 23.9 Å². The molecule has 0 spiro atoms. The molecule has 3 atom stereocenters. The fourth-order valence-electron chi connectivity index (χ4n) is 4.46. The number of primary amides is 1. The smallest absolute Gasteiger partial charge is 0.408 e. The fraction of sp³-hybridized carbons (Fsp3) is 0.667. The second-order valence-electron chi connectivity index (χ2n) is 11.4. The zero-order valence-corrected chi connectivity index (χ0v) is 25.2. The van der Waals surface area contributed by atoms with E-state index in [-0.39, 0.29) is 18.5 Å². The van der Waals surface area contributed by atoms with Crippen molar-refractivity contribution in [2.75, 3.05) is 6.54 Å². The first-order valence-corrected chi connectivity index (χ1v) is 14.2. The van der Waals surface area contributed by atoms with Crippen molar-refractivity contribution in [2.45, 2.75) is 124 Å². The van der Waals surface area contributed by atoms with Crippen molar-refractivity contribution >= 4 is 23.8 Å². The summed E-state index contributed by atoms with van der Waals surface area (Å²) in [6, 6.07) is 3.49. The minimum absolute atomic E-state index is 0.0894. The van der Waals surface area contributed by atoms with Crippen molar-refractivity contribution in [1.82, 2.24) is 15.5 Å². The van der Waals surface area contributed by atoms with Gasteiger partial charge in [0, 0.05) is 12.6 Å². The first-order chi connectivity index (χ1) is 18.2. The average molecular weight is 547 g/mol. The molecule has 0 saturated carbocycles. The van der Waals surface area contributed by atoms with Crippen LogP contribution < -0.4 is 16.4 Å². The van der Waals surface area contributed by atoms with Gasteiger partial charge in [0.25, 0.3) is 0 Å². The van der Waals surface area contributed by atoms with Crippen LogP contribution in [0.3, 0.4) is 0 Å². The molecule has 0 saturated heterocycles. The zero-order valence-electron chi connectivity index (χ0n) is 25.2. The Hall–Kier alpha value is -3.10. The molecule has 9 nitrogen and oxygen atoms in total. The van der Waals surface area contributed by atoms with Crippen LogP contribution in [0.2, 0.25) is 0 Å². The first-order valence-electron chi connectivity index (χ1n) is 14.2. The number of hydrogen-bond acceptors (Lipinski definition) is 5. The van der Waals surface area contributed by atoms with Gasteiger partial charge in [-0.2, -0.15) is 0 Å². The van der Waals surface area contributed by atoms with E-state index in [1.807, 2.05) is 45.9 Å². The highest BCUT2D eigenvalue weighted by molar-refractivity contribution is 5.94. The number of nitrogens with two attached hydrogens (primary N) is 1. The number of alkyl carbamates (subject to hydrolysis) is 1. The molecule has 0 radical (unpaired) electrons. The summed E-state index contributed by atoms with van der Waals surface area (Å²) in [7, 11) is 0. The number of nitrogens with one attached hydrogen (secondary N) is 2. The lowest BCUT2D eigenvalue weighted by atomic mass is 9.95. The molecule has 1 aromatic rings. The maximum Gasteiger partial charge on any atom is 0.408 e. The summed E-state index contributed by atoms with van der Waals surface area (Å²) in [5, 5.41) is 5.61. The minimum atomic E-state index is -1.28. The maximum absolute atomic E-state index is 14.1. The Bertz CT molecular complexity index is 973. The molecule has 1 aromatic carbocycles. The van der Waals surface area contributed by atoms with E-state index >= 15 is 0 Å². The van der Waals surface area contributed by atoms with Gasteiger partial charge in [0.15, 0.2) is 0 Å². The molecule has 220 valence electrons. The van der Waals surface area contributed by atoms with Crippen molar-refractivity contribution in [1.29, 1.82) is 0 Å². The van der Waals surface area contributed by atoms with E-state index in [9.17, 15) is 19.2 Å². The van der Waals surface area contributed by atoms with Crippen LogP contribution in [-0.4, -0.2) is 52.9 Å². The molecule has 0 fully saturated rings. The number of benzene rings is 1. The highest BCUT2D eigenvalue weighted by Crippen LogP contribution is 2.28.